The van der Waals surface area contributed by atoms with Gasteiger partial charge < -0.3 is 9.84 Å². The van der Waals surface area contributed by atoms with Gasteiger partial charge in [-0.2, -0.15) is 0 Å². The number of nitrogens with one attached hydrogen (secondary N) is 1. The van der Waals surface area contributed by atoms with Crippen LogP contribution in [-0.4, -0.2) is 10.7 Å². The van der Waals surface area contributed by atoms with Crippen LogP contribution in [0.15, 0.2) is 39.8 Å². The Hall–Kier alpha value is -1.26. The molecule has 0 unspecified atom stereocenters. The van der Waals surface area contributed by atoms with Gasteiger partial charge in [-0.1, -0.05) is 17.3 Å². The van der Waals surface area contributed by atoms with Gasteiger partial charge in [-0.05, 0) is 45.4 Å². The van der Waals surface area contributed by atoms with Gasteiger partial charge >= 0.3 is 0 Å². The van der Waals surface area contributed by atoms with E-state index in [1.54, 1.807) is 11.8 Å². The molecule has 4 heteroatoms. The zero-order valence-electron chi connectivity index (χ0n) is 12.6. The highest BCUT2D eigenvalue weighted by molar-refractivity contribution is 7.98. The first-order valence-corrected chi connectivity index (χ1v) is 7.80. The molecule has 1 heterocycles. The molecule has 20 heavy (non-hydrogen) atoms. The Kier molecular flexibility index (Phi) is 4.89. The normalized spacial score (nSPS) is 11.8. The summed E-state index contributed by atoms with van der Waals surface area (Å²) in [6, 6.07) is 10.6. The summed E-state index contributed by atoms with van der Waals surface area (Å²) in [5.74, 6) is 1.74. The SMILES string of the molecule is Cc1cc(CSc2ccc(CNC(C)(C)C)cc2)on1. The van der Waals surface area contributed by atoms with E-state index in [-0.39, 0.29) is 5.54 Å². The van der Waals surface area contributed by atoms with Gasteiger partial charge in [-0.15, -0.1) is 11.8 Å². The molecule has 0 radical (unpaired) electrons. The summed E-state index contributed by atoms with van der Waals surface area (Å²) in [4.78, 5) is 1.25. The highest BCUT2D eigenvalue weighted by Gasteiger charge is 2.08. The molecule has 0 spiro atoms. The molecular weight excluding hydrogens is 268 g/mol. The van der Waals surface area contributed by atoms with E-state index in [9.17, 15) is 0 Å². The molecule has 0 saturated heterocycles. The first-order valence-electron chi connectivity index (χ1n) is 6.81. The molecule has 0 atom stereocenters. The monoisotopic (exact) mass is 290 g/mol. The molecule has 2 rings (SSSR count). The van der Waals surface area contributed by atoms with E-state index < -0.39 is 0 Å². The summed E-state index contributed by atoms with van der Waals surface area (Å²) in [6.07, 6.45) is 0. The number of rotatable bonds is 5. The van der Waals surface area contributed by atoms with Gasteiger partial charge in [0.25, 0.3) is 0 Å². The van der Waals surface area contributed by atoms with Crippen molar-refractivity contribution < 1.29 is 4.52 Å². The van der Waals surface area contributed by atoms with Crippen LogP contribution in [0, 0.1) is 6.92 Å². The first kappa shape index (κ1) is 15.1. The van der Waals surface area contributed by atoms with Gasteiger partial charge in [0, 0.05) is 23.0 Å². The van der Waals surface area contributed by atoms with E-state index in [2.05, 4.69) is 55.5 Å². The largest absolute Gasteiger partial charge is 0.360 e. The summed E-state index contributed by atoms with van der Waals surface area (Å²) >= 11 is 1.77. The number of hydrogen-bond acceptors (Lipinski definition) is 4. The number of nitrogens with zero attached hydrogens (tertiary/aromatic N) is 1. The zero-order chi connectivity index (χ0) is 14.6. The topological polar surface area (TPSA) is 38.1 Å². The Bertz CT molecular complexity index is 540. The number of thioether (sulfide) groups is 1. The minimum atomic E-state index is 0.150. The Morgan fingerprint density at radius 2 is 1.90 bits per heavy atom. The van der Waals surface area contributed by atoms with Crippen LogP contribution in [0.1, 0.15) is 37.8 Å². The van der Waals surface area contributed by atoms with Crippen LogP contribution in [-0.2, 0) is 12.3 Å². The number of aromatic nitrogens is 1. The fourth-order valence-corrected chi connectivity index (χ4v) is 2.48. The molecule has 0 aliphatic heterocycles. The zero-order valence-corrected chi connectivity index (χ0v) is 13.4. The fraction of sp³-hybridized carbons (Fsp3) is 0.438. The van der Waals surface area contributed by atoms with Crippen LogP contribution in [0.25, 0.3) is 0 Å². The molecule has 0 saturated carbocycles. The van der Waals surface area contributed by atoms with Gasteiger partial charge in [0.2, 0.25) is 0 Å². The summed E-state index contributed by atoms with van der Waals surface area (Å²) in [5.41, 5.74) is 2.39. The van der Waals surface area contributed by atoms with Crippen LogP contribution >= 0.6 is 11.8 Å². The second-order valence-electron chi connectivity index (χ2n) is 5.97. The lowest BCUT2D eigenvalue weighted by molar-refractivity contribution is 0.391. The molecule has 1 N–H and O–H groups in total. The molecule has 0 bridgehead atoms. The third-order valence-electron chi connectivity index (χ3n) is 2.80. The van der Waals surface area contributed by atoms with Crippen molar-refractivity contribution in [3.8, 4) is 0 Å². The van der Waals surface area contributed by atoms with Gasteiger partial charge in [-0.25, -0.2) is 0 Å². The minimum Gasteiger partial charge on any atom is -0.360 e. The molecular formula is C16H22N2OS. The van der Waals surface area contributed by atoms with Crippen molar-refractivity contribution in [2.24, 2.45) is 0 Å². The maximum absolute atomic E-state index is 5.20. The maximum Gasteiger partial charge on any atom is 0.147 e. The van der Waals surface area contributed by atoms with Crippen molar-refractivity contribution in [1.29, 1.82) is 0 Å². The van der Waals surface area contributed by atoms with E-state index in [1.165, 1.54) is 10.5 Å². The lowest BCUT2D eigenvalue weighted by Crippen LogP contribution is -2.35. The van der Waals surface area contributed by atoms with Crippen LogP contribution in [0.4, 0.5) is 0 Å². The fourth-order valence-electron chi connectivity index (χ4n) is 1.71. The van der Waals surface area contributed by atoms with Gasteiger partial charge in [0.15, 0.2) is 0 Å². The quantitative estimate of drug-likeness (QED) is 0.839. The Morgan fingerprint density at radius 3 is 2.45 bits per heavy atom. The summed E-state index contributed by atoms with van der Waals surface area (Å²) in [5, 5.41) is 7.38. The Morgan fingerprint density at radius 1 is 1.20 bits per heavy atom. The molecule has 0 amide bonds. The Balaban J connectivity index is 1.85. The average Bonchev–Trinajstić information content (AvgIpc) is 2.80. The molecule has 2 aromatic rings. The molecule has 108 valence electrons. The second kappa shape index (κ2) is 6.46. The van der Waals surface area contributed by atoms with Gasteiger partial charge in [0.1, 0.15) is 5.76 Å². The summed E-state index contributed by atoms with van der Waals surface area (Å²) in [7, 11) is 0. The van der Waals surface area contributed by atoms with E-state index in [1.807, 2.05) is 13.0 Å². The lowest BCUT2D eigenvalue weighted by atomic mass is 10.1. The van der Waals surface area contributed by atoms with Crippen molar-refractivity contribution in [3.63, 3.8) is 0 Å². The predicted octanol–water partition coefficient (Wildman–Crippen LogP) is 4.16. The molecule has 1 aromatic carbocycles. The highest BCUT2D eigenvalue weighted by atomic mass is 32.2. The average molecular weight is 290 g/mol. The molecule has 3 nitrogen and oxygen atoms in total. The van der Waals surface area contributed by atoms with E-state index in [0.29, 0.717) is 0 Å². The standard InChI is InChI=1S/C16H22N2OS/c1-12-9-14(19-18-12)11-20-15-7-5-13(6-8-15)10-17-16(2,3)4/h5-9,17H,10-11H2,1-4H3. The summed E-state index contributed by atoms with van der Waals surface area (Å²) in [6.45, 7) is 9.37. The molecule has 0 fully saturated rings. The van der Waals surface area contributed by atoms with E-state index in [0.717, 1.165) is 23.8 Å². The predicted molar refractivity (Wildman–Crippen MR) is 83.8 cm³/mol. The van der Waals surface area contributed by atoms with Crippen molar-refractivity contribution >= 4 is 11.8 Å². The first-order chi connectivity index (χ1) is 9.42. The Labute approximate surface area is 125 Å². The van der Waals surface area contributed by atoms with Crippen molar-refractivity contribution in [3.05, 3.63) is 47.3 Å². The molecule has 1 aromatic heterocycles. The van der Waals surface area contributed by atoms with E-state index >= 15 is 0 Å². The minimum absolute atomic E-state index is 0.150. The maximum atomic E-state index is 5.20. The van der Waals surface area contributed by atoms with Crippen LogP contribution in [0.5, 0.6) is 0 Å². The number of benzene rings is 1. The third-order valence-corrected chi connectivity index (χ3v) is 3.84. The smallest absolute Gasteiger partial charge is 0.147 e. The second-order valence-corrected chi connectivity index (χ2v) is 7.02. The van der Waals surface area contributed by atoms with Crippen LogP contribution in [0.3, 0.4) is 0 Å². The highest BCUT2D eigenvalue weighted by Crippen LogP contribution is 2.23. The van der Waals surface area contributed by atoms with Crippen LogP contribution < -0.4 is 5.32 Å². The lowest BCUT2D eigenvalue weighted by Gasteiger charge is -2.20. The van der Waals surface area contributed by atoms with Gasteiger partial charge in [0.05, 0.1) is 11.4 Å². The van der Waals surface area contributed by atoms with E-state index in [4.69, 9.17) is 4.52 Å². The number of aryl methyl sites for hydroxylation is 1. The summed E-state index contributed by atoms with van der Waals surface area (Å²) < 4.78 is 5.20. The van der Waals surface area contributed by atoms with Crippen molar-refractivity contribution in [1.82, 2.24) is 10.5 Å². The molecule has 0 aliphatic carbocycles. The van der Waals surface area contributed by atoms with Gasteiger partial charge in [-0.3, -0.25) is 0 Å². The number of hydrogen-bond donors (Lipinski definition) is 1. The van der Waals surface area contributed by atoms with Crippen molar-refractivity contribution in [2.75, 3.05) is 0 Å². The van der Waals surface area contributed by atoms with Crippen LogP contribution in [0.2, 0.25) is 0 Å². The third kappa shape index (κ3) is 5.02. The van der Waals surface area contributed by atoms with Crippen molar-refractivity contribution in [2.45, 2.75) is 50.4 Å². The molecule has 0 aliphatic rings.